The largest absolute Gasteiger partial charge is 0.494 e. The van der Waals surface area contributed by atoms with Crippen molar-refractivity contribution in [3.63, 3.8) is 0 Å². The van der Waals surface area contributed by atoms with Gasteiger partial charge >= 0.3 is 6.09 Å². The number of ether oxygens (including phenoxy) is 1. The highest BCUT2D eigenvalue weighted by Gasteiger charge is 1.96. The van der Waals surface area contributed by atoms with E-state index in [4.69, 9.17) is 14.9 Å². The molecule has 0 saturated carbocycles. The Balaban J connectivity index is 2.11. The van der Waals surface area contributed by atoms with Crippen molar-refractivity contribution in [3.8, 4) is 5.75 Å². The first-order valence-corrected chi connectivity index (χ1v) is 5.52. The van der Waals surface area contributed by atoms with Crippen molar-refractivity contribution in [3.05, 3.63) is 29.8 Å². The molecule has 1 rings (SSSR count). The number of hydrogen-bond donors (Lipinski definition) is 3. The minimum Gasteiger partial charge on any atom is -0.494 e. The van der Waals surface area contributed by atoms with Gasteiger partial charge in [0.05, 0.1) is 13.2 Å². The number of nitrogens with one attached hydrogen (secondary N) is 1. The third-order valence-electron chi connectivity index (χ3n) is 2.22. The molecule has 5 heteroatoms. The molecule has 3 N–H and O–H groups in total. The number of hydrogen-bond acceptors (Lipinski definition) is 3. The zero-order valence-electron chi connectivity index (χ0n) is 9.56. The highest BCUT2D eigenvalue weighted by Crippen LogP contribution is 2.12. The number of unbranched alkanes of at least 4 members (excludes halogenated alkanes) is 1. The molecule has 0 atom stereocenters. The van der Waals surface area contributed by atoms with Crippen LogP contribution in [-0.4, -0.2) is 29.5 Å². The van der Waals surface area contributed by atoms with Crippen LogP contribution in [0.15, 0.2) is 24.3 Å². The summed E-state index contributed by atoms with van der Waals surface area (Å²) >= 11 is 0. The van der Waals surface area contributed by atoms with Crippen LogP contribution in [0.4, 0.5) is 4.79 Å². The Morgan fingerprint density at radius 2 is 1.94 bits per heavy atom. The normalized spacial score (nSPS) is 9.94. The van der Waals surface area contributed by atoms with Gasteiger partial charge in [-0.1, -0.05) is 12.1 Å². The molecule has 0 fully saturated rings. The van der Waals surface area contributed by atoms with Crippen LogP contribution >= 0.6 is 0 Å². The summed E-state index contributed by atoms with van der Waals surface area (Å²) in [7, 11) is 0. The molecule has 5 nitrogen and oxygen atoms in total. The quantitative estimate of drug-likeness (QED) is 0.631. The number of rotatable bonds is 7. The van der Waals surface area contributed by atoms with Gasteiger partial charge < -0.3 is 20.3 Å². The monoisotopic (exact) mass is 239 g/mol. The predicted octanol–water partition coefficient (Wildman–Crippen LogP) is 1.61. The lowest BCUT2D eigenvalue weighted by atomic mass is 10.2. The third kappa shape index (κ3) is 5.77. The second-order valence-electron chi connectivity index (χ2n) is 3.59. The summed E-state index contributed by atoms with van der Waals surface area (Å²) in [5, 5.41) is 19.5. The van der Waals surface area contributed by atoms with E-state index in [1.54, 1.807) is 24.3 Å². The number of benzene rings is 1. The van der Waals surface area contributed by atoms with Gasteiger partial charge in [0.25, 0.3) is 0 Å². The molecule has 1 aromatic carbocycles. The standard InChI is InChI=1S/C12H17NO4/c14-9-10-3-5-11(6-4-10)17-8-2-1-7-13-12(15)16/h3-6,13-14H,1-2,7-9H2,(H,15,16). The highest BCUT2D eigenvalue weighted by atomic mass is 16.5. The van der Waals surface area contributed by atoms with Crippen LogP contribution in [0.1, 0.15) is 18.4 Å². The summed E-state index contributed by atoms with van der Waals surface area (Å²) in [5.74, 6) is 0.758. The first-order valence-electron chi connectivity index (χ1n) is 5.52. The van der Waals surface area contributed by atoms with Crippen molar-refractivity contribution in [1.82, 2.24) is 5.32 Å². The van der Waals surface area contributed by atoms with E-state index in [9.17, 15) is 4.79 Å². The fourth-order valence-corrected chi connectivity index (χ4v) is 1.30. The van der Waals surface area contributed by atoms with Gasteiger partial charge in [-0.05, 0) is 30.5 Å². The molecule has 0 heterocycles. The molecular formula is C12H17NO4. The summed E-state index contributed by atoms with van der Waals surface area (Å²) in [6.07, 6.45) is 0.550. The molecule has 0 spiro atoms. The highest BCUT2D eigenvalue weighted by molar-refractivity contribution is 5.64. The van der Waals surface area contributed by atoms with Gasteiger partial charge in [0, 0.05) is 6.54 Å². The molecule has 94 valence electrons. The Hall–Kier alpha value is -1.75. The lowest BCUT2D eigenvalue weighted by Gasteiger charge is -2.06. The fraction of sp³-hybridized carbons (Fsp3) is 0.417. The van der Waals surface area contributed by atoms with Crippen LogP contribution in [0.5, 0.6) is 5.75 Å². The van der Waals surface area contributed by atoms with Crippen molar-refractivity contribution in [2.24, 2.45) is 0 Å². The van der Waals surface area contributed by atoms with Gasteiger partial charge in [-0.15, -0.1) is 0 Å². The lowest BCUT2D eigenvalue weighted by molar-refractivity contribution is 0.194. The number of amides is 1. The van der Waals surface area contributed by atoms with Crippen molar-refractivity contribution in [2.45, 2.75) is 19.4 Å². The third-order valence-corrected chi connectivity index (χ3v) is 2.22. The molecule has 0 aliphatic rings. The maximum Gasteiger partial charge on any atom is 0.404 e. The number of aliphatic hydroxyl groups excluding tert-OH is 1. The number of carbonyl (C=O) groups is 1. The summed E-state index contributed by atoms with van der Waals surface area (Å²) < 4.78 is 5.46. The summed E-state index contributed by atoms with van der Waals surface area (Å²) in [6, 6.07) is 7.23. The van der Waals surface area contributed by atoms with Gasteiger partial charge in [-0.2, -0.15) is 0 Å². The average molecular weight is 239 g/mol. The van der Waals surface area contributed by atoms with Crippen LogP contribution in [0.3, 0.4) is 0 Å². The SMILES string of the molecule is O=C(O)NCCCCOc1ccc(CO)cc1. The van der Waals surface area contributed by atoms with Crippen LogP contribution in [-0.2, 0) is 6.61 Å². The van der Waals surface area contributed by atoms with Crippen LogP contribution in [0.25, 0.3) is 0 Å². The molecule has 1 amide bonds. The van der Waals surface area contributed by atoms with E-state index in [0.29, 0.717) is 13.2 Å². The average Bonchev–Trinajstić information content (AvgIpc) is 2.34. The Labute approximate surface area is 100 Å². The van der Waals surface area contributed by atoms with Crippen LogP contribution < -0.4 is 10.1 Å². The second-order valence-corrected chi connectivity index (χ2v) is 3.59. The first-order chi connectivity index (χ1) is 8.22. The number of carboxylic acid groups (broad SMARTS) is 1. The minimum absolute atomic E-state index is 0.0289. The van der Waals surface area contributed by atoms with E-state index in [1.807, 2.05) is 0 Å². The van der Waals surface area contributed by atoms with Crippen LogP contribution in [0, 0.1) is 0 Å². The molecule has 0 aliphatic carbocycles. The molecule has 0 unspecified atom stereocenters. The number of aliphatic hydroxyl groups is 1. The van der Waals surface area contributed by atoms with Gasteiger partial charge in [-0.3, -0.25) is 0 Å². The Bertz CT molecular complexity index is 337. The maximum atomic E-state index is 10.2. The molecule has 0 aromatic heterocycles. The van der Waals surface area contributed by atoms with E-state index >= 15 is 0 Å². The predicted molar refractivity (Wildman–Crippen MR) is 63.1 cm³/mol. The fourth-order valence-electron chi connectivity index (χ4n) is 1.30. The van der Waals surface area contributed by atoms with E-state index in [-0.39, 0.29) is 6.61 Å². The first kappa shape index (κ1) is 13.3. The van der Waals surface area contributed by atoms with Gasteiger partial charge in [0.1, 0.15) is 5.75 Å². The molecule has 1 aromatic rings. The zero-order chi connectivity index (χ0) is 12.5. The summed E-state index contributed by atoms with van der Waals surface area (Å²) in [4.78, 5) is 10.2. The molecule has 0 radical (unpaired) electrons. The van der Waals surface area contributed by atoms with Gasteiger partial charge in [0.2, 0.25) is 0 Å². The van der Waals surface area contributed by atoms with Gasteiger partial charge in [-0.25, -0.2) is 4.79 Å². The molecule has 17 heavy (non-hydrogen) atoms. The van der Waals surface area contributed by atoms with Crippen molar-refractivity contribution in [2.75, 3.05) is 13.2 Å². The Morgan fingerprint density at radius 3 is 2.53 bits per heavy atom. The van der Waals surface area contributed by atoms with E-state index in [2.05, 4.69) is 5.32 Å². The van der Waals surface area contributed by atoms with Gasteiger partial charge in [0.15, 0.2) is 0 Å². The molecule has 0 aliphatic heterocycles. The van der Waals surface area contributed by atoms with E-state index in [1.165, 1.54) is 0 Å². The van der Waals surface area contributed by atoms with Crippen molar-refractivity contribution < 1.29 is 19.7 Å². The lowest BCUT2D eigenvalue weighted by Crippen LogP contribution is -2.22. The Morgan fingerprint density at radius 1 is 1.24 bits per heavy atom. The Kier molecular flexibility index (Phi) is 5.88. The zero-order valence-corrected chi connectivity index (χ0v) is 9.56. The molecule has 0 saturated heterocycles. The maximum absolute atomic E-state index is 10.2. The molecule has 0 bridgehead atoms. The summed E-state index contributed by atoms with van der Waals surface area (Å²) in [6.45, 7) is 1.03. The van der Waals surface area contributed by atoms with Crippen molar-refractivity contribution >= 4 is 6.09 Å². The second kappa shape index (κ2) is 7.51. The summed E-state index contributed by atoms with van der Waals surface area (Å²) in [5.41, 5.74) is 0.850. The van der Waals surface area contributed by atoms with E-state index in [0.717, 1.165) is 24.2 Å². The van der Waals surface area contributed by atoms with Crippen molar-refractivity contribution in [1.29, 1.82) is 0 Å². The van der Waals surface area contributed by atoms with E-state index < -0.39 is 6.09 Å². The van der Waals surface area contributed by atoms with Crippen LogP contribution in [0.2, 0.25) is 0 Å². The minimum atomic E-state index is -0.995. The molecular weight excluding hydrogens is 222 g/mol. The smallest absolute Gasteiger partial charge is 0.404 e. The topological polar surface area (TPSA) is 78.8 Å².